The van der Waals surface area contributed by atoms with E-state index in [-0.39, 0.29) is 11.5 Å². The standard InChI is InChI=1S/C14H18ClN3O/c1-9-8-11(5-7-19-9)18-13(10(2)15)17-12-4-3-6-16-14(12)18/h3-4,6,9-11H,5,7-8H2,1-2H3. The Bertz CT molecular complexity index is 581. The number of alkyl halides is 1. The third-order valence-corrected chi connectivity index (χ3v) is 3.85. The molecule has 0 N–H and O–H groups in total. The Kier molecular flexibility index (Phi) is 3.46. The summed E-state index contributed by atoms with van der Waals surface area (Å²) in [5.74, 6) is 0.912. The maximum Gasteiger partial charge on any atom is 0.160 e. The second kappa shape index (κ2) is 5.10. The van der Waals surface area contributed by atoms with Crippen molar-refractivity contribution in [3.05, 3.63) is 24.2 Å². The Morgan fingerprint density at radius 1 is 1.53 bits per heavy atom. The number of hydrogen-bond acceptors (Lipinski definition) is 3. The molecule has 1 saturated heterocycles. The smallest absolute Gasteiger partial charge is 0.160 e. The number of rotatable bonds is 2. The Labute approximate surface area is 117 Å². The van der Waals surface area contributed by atoms with Gasteiger partial charge in [0.25, 0.3) is 0 Å². The van der Waals surface area contributed by atoms with E-state index in [2.05, 4.69) is 21.5 Å². The fourth-order valence-corrected chi connectivity index (χ4v) is 2.95. The summed E-state index contributed by atoms with van der Waals surface area (Å²) in [5.41, 5.74) is 1.85. The van der Waals surface area contributed by atoms with E-state index in [1.807, 2.05) is 25.3 Å². The minimum Gasteiger partial charge on any atom is -0.378 e. The van der Waals surface area contributed by atoms with Gasteiger partial charge in [0.1, 0.15) is 11.3 Å². The molecule has 19 heavy (non-hydrogen) atoms. The summed E-state index contributed by atoms with van der Waals surface area (Å²) < 4.78 is 7.85. The van der Waals surface area contributed by atoms with E-state index in [0.717, 1.165) is 36.4 Å². The molecule has 0 aromatic carbocycles. The zero-order valence-corrected chi connectivity index (χ0v) is 12.0. The number of imidazole rings is 1. The van der Waals surface area contributed by atoms with E-state index in [0.29, 0.717) is 6.04 Å². The zero-order valence-electron chi connectivity index (χ0n) is 11.2. The lowest BCUT2D eigenvalue weighted by atomic mass is 10.0. The molecule has 5 heteroatoms. The van der Waals surface area contributed by atoms with Crippen molar-refractivity contribution in [1.82, 2.24) is 14.5 Å². The minimum atomic E-state index is -0.118. The molecule has 1 aliphatic rings. The number of aromatic nitrogens is 3. The van der Waals surface area contributed by atoms with Crippen LogP contribution in [0.25, 0.3) is 11.2 Å². The lowest BCUT2D eigenvalue weighted by Crippen LogP contribution is -2.26. The van der Waals surface area contributed by atoms with Crippen LogP contribution < -0.4 is 0 Å². The number of halogens is 1. The maximum atomic E-state index is 6.29. The van der Waals surface area contributed by atoms with E-state index in [1.54, 1.807) is 0 Å². The SMILES string of the molecule is CC1CC(n2c(C(C)Cl)nc3cccnc32)CCO1. The highest BCUT2D eigenvalue weighted by molar-refractivity contribution is 6.20. The number of ether oxygens (including phenoxy) is 1. The number of fused-ring (bicyclic) bond motifs is 1. The molecule has 3 atom stereocenters. The normalized spacial score (nSPS) is 25.6. The minimum absolute atomic E-state index is 0.118. The van der Waals surface area contributed by atoms with Gasteiger partial charge in [-0.2, -0.15) is 0 Å². The number of pyridine rings is 1. The second-order valence-electron chi connectivity index (χ2n) is 5.16. The Morgan fingerprint density at radius 2 is 2.37 bits per heavy atom. The van der Waals surface area contributed by atoms with Gasteiger partial charge in [0.2, 0.25) is 0 Å². The molecular weight excluding hydrogens is 262 g/mol. The van der Waals surface area contributed by atoms with Crippen LogP contribution in [-0.4, -0.2) is 27.2 Å². The molecule has 102 valence electrons. The first-order valence-corrected chi connectivity index (χ1v) is 7.19. The Morgan fingerprint density at radius 3 is 3.11 bits per heavy atom. The van der Waals surface area contributed by atoms with E-state index in [9.17, 15) is 0 Å². The van der Waals surface area contributed by atoms with Gasteiger partial charge < -0.3 is 9.30 Å². The average molecular weight is 280 g/mol. The molecule has 4 nitrogen and oxygen atoms in total. The van der Waals surface area contributed by atoms with Gasteiger partial charge in [0, 0.05) is 18.8 Å². The van der Waals surface area contributed by atoms with Gasteiger partial charge in [-0.05, 0) is 38.8 Å². The molecule has 3 unspecified atom stereocenters. The van der Waals surface area contributed by atoms with E-state index < -0.39 is 0 Å². The summed E-state index contributed by atoms with van der Waals surface area (Å²) in [7, 11) is 0. The highest BCUT2D eigenvalue weighted by atomic mass is 35.5. The molecule has 0 amide bonds. The third-order valence-electron chi connectivity index (χ3n) is 3.65. The van der Waals surface area contributed by atoms with Gasteiger partial charge in [-0.1, -0.05) is 0 Å². The van der Waals surface area contributed by atoms with Crippen LogP contribution in [0.1, 0.15) is 43.9 Å². The summed E-state index contributed by atoms with van der Waals surface area (Å²) in [5, 5.41) is -0.118. The molecule has 0 aliphatic carbocycles. The molecule has 1 aliphatic heterocycles. The van der Waals surface area contributed by atoms with Crippen LogP contribution in [0.3, 0.4) is 0 Å². The van der Waals surface area contributed by atoms with E-state index in [1.165, 1.54) is 0 Å². The lowest BCUT2D eigenvalue weighted by molar-refractivity contribution is 0.00612. The highest BCUT2D eigenvalue weighted by Gasteiger charge is 2.26. The van der Waals surface area contributed by atoms with Crippen molar-refractivity contribution in [2.75, 3.05) is 6.61 Å². The largest absolute Gasteiger partial charge is 0.378 e. The molecular formula is C14H18ClN3O. The van der Waals surface area contributed by atoms with Gasteiger partial charge in [-0.3, -0.25) is 0 Å². The molecule has 3 rings (SSSR count). The predicted molar refractivity (Wildman–Crippen MR) is 75.5 cm³/mol. The zero-order chi connectivity index (χ0) is 13.4. The van der Waals surface area contributed by atoms with Gasteiger partial charge in [0.15, 0.2) is 5.65 Å². The van der Waals surface area contributed by atoms with Crippen LogP contribution in [0.4, 0.5) is 0 Å². The van der Waals surface area contributed by atoms with Crippen LogP contribution in [0.2, 0.25) is 0 Å². The quantitative estimate of drug-likeness (QED) is 0.790. The molecule has 0 bridgehead atoms. The molecule has 1 fully saturated rings. The number of nitrogens with zero attached hydrogens (tertiary/aromatic N) is 3. The predicted octanol–water partition coefficient (Wildman–Crippen LogP) is 3.47. The topological polar surface area (TPSA) is 39.9 Å². The van der Waals surface area contributed by atoms with Crippen molar-refractivity contribution in [1.29, 1.82) is 0 Å². The van der Waals surface area contributed by atoms with Gasteiger partial charge in [-0.25, -0.2) is 9.97 Å². The summed E-state index contributed by atoms with van der Waals surface area (Å²) in [4.78, 5) is 9.13. The Hall–Kier alpha value is -1.13. The first kappa shape index (κ1) is 12.9. The molecule has 2 aromatic heterocycles. The van der Waals surface area contributed by atoms with Gasteiger partial charge >= 0.3 is 0 Å². The maximum absolute atomic E-state index is 6.29. The van der Waals surface area contributed by atoms with Gasteiger partial charge in [-0.15, -0.1) is 11.6 Å². The average Bonchev–Trinajstić information content (AvgIpc) is 2.78. The summed E-state index contributed by atoms with van der Waals surface area (Å²) >= 11 is 6.29. The first-order valence-electron chi connectivity index (χ1n) is 6.75. The lowest BCUT2D eigenvalue weighted by Gasteiger charge is -2.29. The second-order valence-corrected chi connectivity index (χ2v) is 5.82. The summed E-state index contributed by atoms with van der Waals surface area (Å²) in [6.45, 7) is 4.86. The van der Waals surface area contributed by atoms with Crippen molar-refractivity contribution >= 4 is 22.8 Å². The monoisotopic (exact) mass is 279 g/mol. The van der Waals surface area contributed by atoms with Crippen molar-refractivity contribution < 1.29 is 4.74 Å². The van der Waals surface area contributed by atoms with Crippen LogP contribution >= 0.6 is 11.6 Å². The van der Waals surface area contributed by atoms with Crippen LogP contribution in [0.5, 0.6) is 0 Å². The molecule has 0 saturated carbocycles. The van der Waals surface area contributed by atoms with E-state index in [4.69, 9.17) is 16.3 Å². The molecule has 0 radical (unpaired) electrons. The summed E-state index contributed by atoms with van der Waals surface area (Å²) in [6, 6.07) is 4.28. The van der Waals surface area contributed by atoms with Crippen LogP contribution in [-0.2, 0) is 4.74 Å². The molecule has 0 spiro atoms. The van der Waals surface area contributed by atoms with Crippen molar-refractivity contribution in [3.8, 4) is 0 Å². The number of hydrogen-bond donors (Lipinski definition) is 0. The fourth-order valence-electron chi connectivity index (χ4n) is 2.80. The molecule has 2 aromatic rings. The van der Waals surface area contributed by atoms with E-state index >= 15 is 0 Å². The van der Waals surface area contributed by atoms with Gasteiger partial charge in [0.05, 0.1) is 11.5 Å². The third kappa shape index (κ3) is 2.35. The van der Waals surface area contributed by atoms with Crippen molar-refractivity contribution in [2.24, 2.45) is 0 Å². The first-order chi connectivity index (χ1) is 9.16. The van der Waals surface area contributed by atoms with Crippen LogP contribution in [0.15, 0.2) is 18.3 Å². The fraction of sp³-hybridized carbons (Fsp3) is 0.571. The summed E-state index contributed by atoms with van der Waals surface area (Å²) in [6.07, 6.45) is 4.06. The van der Waals surface area contributed by atoms with Crippen molar-refractivity contribution in [2.45, 2.75) is 44.2 Å². The van der Waals surface area contributed by atoms with Crippen molar-refractivity contribution in [3.63, 3.8) is 0 Å². The molecule has 3 heterocycles. The highest BCUT2D eigenvalue weighted by Crippen LogP contribution is 2.32. The Balaban J connectivity index is 2.11. The van der Waals surface area contributed by atoms with Crippen LogP contribution in [0, 0.1) is 0 Å².